The van der Waals surface area contributed by atoms with Gasteiger partial charge in [-0.2, -0.15) is 26.3 Å². The van der Waals surface area contributed by atoms with Crippen LogP contribution < -0.4 is 5.32 Å². The largest absolute Gasteiger partial charge is 0.465 e. The lowest BCUT2D eigenvalue weighted by Crippen LogP contribution is -2.45. The summed E-state index contributed by atoms with van der Waals surface area (Å²) in [5, 5.41) is 2.66. The number of alkyl halides is 6. The van der Waals surface area contributed by atoms with Crippen molar-refractivity contribution >= 4 is 28.9 Å². The maximum absolute atomic E-state index is 12.4. The molecule has 0 radical (unpaired) electrons. The van der Waals surface area contributed by atoms with E-state index in [4.69, 9.17) is 0 Å². The quantitative estimate of drug-likeness (QED) is 0.682. The van der Waals surface area contributed by atoms with Crippen LogP contribution in [0.2, 0.25) is 0 Å². The van der Waals surface area contributed by atoms with E-state index >= 15 is 0 Å². The minimum absolute atomic E-state index is 0.311. The average Bonchev–Trinajstić information content (AvgIpc) is 2.71. The standard InChI is InChI=1S/C10H7F6NO3S/c1-20-8(19)5-4(2-3-21-5)17-7(18)6(9(11,12)13)10(14,15)16/h2-3,6H,1H3,(H,17,18). The van der Waals surface area contributed by atoms with Crippen molar-refractivity contribution < 1.29 is 40.7 Å². The van der Waals surface area contributed by atoms with Gasteiger partial charge in [0.2, 0.25) is 11.8 Å². The Bertz CT molecular complexity index is 522. The minimum Gasteiger partial charge on any atom is -0.465 e. The SMILES string of the molecule is COC(=O)c1sccc1NC(=O)C(C(F)(F)F)C(F)(F)F. The van der Waals surface area contributed by atoms with Crippen LogP contribution in [0.3, 0.4) is 0 Å². The predicted molar refractivity (Wildman–Crippen MR) is 59.9 cm³/mol. The number of nitrogens with one attached hydrogen (secondary N) is 1. The molecule has 0 aliphatic heterocycles. The molecule has 0 aliphatic rings. The summed E-state index contributed by atoms with van der Waals surface area (Å²) in [6.45, 7) is 0. The number of carbonyl (C=O) groups excluding carboxylic acids is 2. The number of carbonyl (C=O) groups is 2. The maximum atomic E-state index is 12.4. The molecule has 1 heterocycles. The monoisotopic (exact) mass is 335 g/mol. The molecule has 1 N–H and O–H groups in total. The lowest BCUT2D eigenvalue weighted by molar-refractivity contribution is -0.272. The smallest absolute Gasteiger partial charge is 0.409 e. The Morgan fingerprint density at radius 2 is 1.71 bits per heavy atom. The Hall–Kier alpha value is -1.78. The van der Waals surface area contributed by atoms with Crippen LogP contribution in [0.5, 0.6) is 0 Å². The average molecular weight is 335 g/mol. The highest BCUT2D eigenvalue weighted by Gasteiger charge is 2.61. The van der Waals surface area contributed by atoms with E-state index in [9.17, 15) is 35.9 Å². The first-order valence-electron chi connectivity index (χ1n) is 5.08. The lowest BCUT2D eigenvalue weighted by Gasteiger charge is -2.21. The number of anilines is 1. The molecule has 21 heavy (non-hydrogen) atoms. The van der Waals surface area contributed by atoms with E-state index in [1.165, 1.54) is 10.7 Å². The number of esters is 1. The van der Waals surface area contributed by atoms with Crippen LogP contribution >= 0.6 is 11.3 Å². The fraction of sp³-hybridized carbons (Fsp3) is 0.400. The molecule has 4 nitrogen and oxygen atoms in total. The summed E-state index contributed by atoms with van der Waals surface area (Å²) in [6, 6.07) is 0.999. The van der Waals surface area contributed by atoms with Gasteiger partial charge in [-0.3, -0.25) is 4.79 Å². The van der Waals surface area contributed by atoms with Gasteiger partial charge in [0.05, 0.1) is 12.8 Å². The Labute approximate surface area is 117 Å². The third-order valence-corrected chi connectivity index (χ3v) is 3.11. The molecule has 0 aromatic carbocycles. The van der Waals surface area contributed by atoms with Gasteiger partial charge in [-0.25, -0.2) is 4.79 Å². The summed E-state index contributed by atoms with van der Waals surface area (Å²) in [4.78, 5) is 22.2. The van der Waals surface area contributed by atoms with Crippen molar-refractivity contribution in [3.05, 3.63) is 16.3 Å². The first-order chi connectivity index (χ1) is 9.48. The molecule has 0 saturated heterocycles. The number of hydrogen-bond donors (Lipinski definition) is 1. The second kappa shape index (κ2) is 5.92. The summed E-state index contributed by atoms with van der Waals surface area (Å²) in [5.41, 5.74) is -0.477. The van der Waals surface area contributed by atoms with Gasteiger partial charge in [0.25, 0.3) is 0 Å². The van der Waals surface area contributed by atoms with Crippen LogP contribution in [0.25, 0.3) is 0 Å². The Morgan fingerprint density at radius 1 is 1.19 bits per heavy atom. The Balaban J connectivity index is 3.04. The van der Waals surface area contributed by atoms with Crippen molar-refractivity contribution in [2.45, 2.75) is 12.4 Å². The topological polar surface area (TPSA) is 55.4 Å². The highest BCUT2D eigenvalue weighted by atomic mass is 32.1. The highest BCUT2D eigenvalue weighted by molar-refractivity contribution is 7.12. The number of ether oxygens (including phenoxy) is 1. The first kappa shape index (κ1) is 17.3. The molecule has 0 spiro atoms. The van der Waals surface area contributed by atoms with Gasteiger partial charge in [0.1, 0.15) is 4.88 Å². The van der Waals surface area contributed by atoms with Gasteiger partial charge >= 0.3 is 18.3 Å². The number of halogens is 6. The Kier molecular flexibility index (Phi) is 4.87. The normalized spacial score (nSPS) is 12.4. The second-order valence-corrected chi connectivity index (χ2v) is 4.58. The molecule has 1 aromatic rings. The van der Waals surface area contributed by atoms with Gasteiger partial charge < -0.3 is 10.1 Å². The van der Waals surface area contributed by atoms with E-state index in [1.807, 2.05) is 0 Å². The van der Waals surface area contributed by atoms with Crippen LogP contribution in [-0.4, -0.2) is 31.3 Å². The number of hydrogen-bond acceptors (Lipinski definition) is 4. The van der Waals surface area contributed by atoms with Crippen molar-refractivity contribution in [3.63, 3.8) is 0 Å². The third-order valence-electron chi connectivity index (χ3n) is 2.21. The molecule has 0 atom stereocenters. The van der Waals surface area contributed by atoms with Crippen molar-refractivity contribution in [3.8, 4) is 0 Å². The minimum atomic E-state index is -5.80. The molecular formula is C10H7F6NO3S. The molecule has 0 saturated carbocycles. The summed E-state index contributed by atoms with van der Waals surface area (Å²) < 4.78 is 78.4. The van der Waals surface area contributed by atoms with Crippen LogP contribution in [0, 0.1) is 5.92 Å². The van der Waals surface area contributed by atoms with Gasteiger partial charge in [-0.1, -0.05) is 0 Å². The van der Waals surface area contributed by atoms with Crippen LogP contribution in [0.4, 0.5) is 32.0 Å². The number of methoxy groups -OCH3 is 1. The van der Waals surface area contributed by atoms with E-state index in [2.05, 4.69) is 4.74 Å². The van der Waals surface area contributed by atoms with Crippen molar-refractivity contribution in [2.75, 3.05) is 12.4 Å². The summed E-state index contributed by atoms with van der Waals surface area (Å²) in [5.74, 6) is -7.50. The maximum Gasteiger partial charge on any atom is 0.409 e. The van der Waals surface area contributed by atoms with Gasteiger partial charge in [0.15, 0.2) is 0 Å². The molecular weight excluding hydrogens is 328 g/mol. The first-order valence-corrected chi connectivity index (χ1v) is 5.96. The zero-order valence-corrected chi connectivity index (χ0v) is 10.9. The van der Waals surface area contributed by atoms with Gasteiger partial charge in [-0.05, 0) is 11.4 Å². The molecule has 1 aromatic heterocycles. The van der Waals surface area contributed by atoms with Crippen molar-refractivity contribution in [1.82, 2.24) is 0 Å². The molecule has 0 bridgehead atoms. The van der Waals surface area contributed by atoms with Crippen molar-refractivity contribution in [1.29, 1.82) is 0 Å². The fourth-order valence-electron chi connectivity index (χ4n) is 1.35. The predicted octanol–water partition coefficient (Wildman–Crippen LogP) is 3.21. The van der Waals surface area contributed by atoms with E-state index < -0.39 is 35.8 Å². The molecule has 0 fully saturated rings. The number of thiophene rings is 1. The second-order valence-electron chi connectivity index (χ2n) is 3.66. The molecule has 0 aliphatic carbocycles. The fourth-order valence-corrected chi connectivity index (χ4v) is 2.11. The lowest BCUT2D eigenvalue weighted by atomic mass is 10.1. The Morgan fingerprint density at radius 3 is 2.14 bits per heavy atom. The molecule has 1 amide bonds. The van der Waals surface area contributed by atoms with Crippen LogP contribution in [0.15, 0.2) is 11.4 Å². The number of rotatable bonds is 3. The van der Waals surface area contributed by atoms with Crippen LogP contribution in [0.1, 0.15) is 9.67 Å². The molecule has 0 unspecified atom stereocenters. The summed E-state index contributed by atoms with van der Waals surface area (Å²) in [7, 11) is 0.974. The highest BCUT2D eigenvalue weighted by Crippen LogP contribution is 2.40. The zero-order chi connectivity index (χ0) is 16.4. The van der Waals surface area contributed by atoms with Crippen LogP contribution in [-0.2, 0) is 9.53 Å². The summed E-state index contributed by atoms with van der Waals surface area (Å²) >= 11 is 0.699. The van der Waals surface area contributed by atoms with Gasteiger partial charge in [-0.15, -0.1) is 11.3 Å². The zero-order valence-electron chi connectivity index (χ0n) is 10.1. The summed E-state index contributed by atoms with van der Waals surface area (Å²) in [6.07, 6.45) is -11.6. The van der Waals surface area contributed by atoms with Gasteiger partial charge in [0, 0.05) is 0 Å². The molecule has 11 heteroatoms. The number of amides is 1. The van der Waals surface area contributed by atoms with E-state index in [-0.39, 0.29) is 4.88 Å². The molecule has 118 valence electrons. The van der Waals surface area contributed by atoms with E-state index in [0.29, 0.717) is 11.3 Å². The van der Waals surface area contributed by atoms with E-state index in [1.54, 1.807) is 0 Å². The molecule has 1 rings (SSSR count). The van der Waals surface area contributed by atoms with E-state index in [0.717, 1.165) is 13.2 Å². The third kappa shape index (κ3) is 4.09. The van der Waals surface area contributed by atoms with Crippen molar-refractivity contribution in [2.24, 2.45) is 5.92 Å².